The molecule has 2 heteroatoms. The van der Waals surface area contributed by atoms with Crippen LogP contribution in [0.2, 0.25) is 0 Å². The number of nitrogens with zero attached hydrogens (tertiary/aromatic N) is 1. The molecule has 0 saturated heterocycles. The Morgan fingerprint density at radius 1 is 0.444 bits per heavy atom. The van der Waals surface area contributed by atoms with Crippen molar-refractivity contribution in [2.45, 2.75) is 0 Å². The van der Waals surface area contributed by atoms with Gasteiger partial charge >= 0.3 is 0 Å². The van der Waals surface area contributed by atoms with E-state index in [1.54, 1.807) is 0 Å². The third-order valence-corrected chi connectivity index (χ3v) is 8.16. The van der Waals surface area contributed by atoms with E-state index in [1.165, 1.54) is 59.4 Å². The zero-order valence-electron chi connectivity index (χ0n) is 19.6. The minimum absolute atomic E-state index is 1.22. The highest BCUT2D eigenvalue weighted by Gasteiger charge is 2.21. The Labute approximate surface area is 214 Å². The van der Waals surface area contributed by atoms with E-state index in [2.05, 4.69) is 144 Å². The molecule has 3 heterocycles. The fourth-order valence-electron chi connectivity index (χ4n) is 5.24. The number of rotatable bonds is 4. The van der Waals surface area contributed by atoms with Gasteiger partial charge in [0.1, 0.15) is 0 Å². The molecule has 0 fully saturated rings. The lowest BCUT2D eigenvalue weighted by atomic mass is 9.96. The van der Waals surface area contributed by atoms with E-state index in [1.807, 2.05) is 11.3 Å². The lowest BCUT2D eigenvalue weighted by molar-refractivity contribution is 1.20. The van der Waals surface area contributed by atoms with Crippen LogP contribution >= 0.6 is 11.3 Å². The smallest absolute Gasteiger partial charge is 0.0535 e. The molecular weight excluding hydrogens is 454 g/mol. The average Bonchev–Trinajstić information content (AvgIpc) is 3.53. The quantitative estimate of drug-likeness (QED) is 0.238. The van der Waals surface area contributed by atoms with E-state index in [9.17, 15) is 0 Å². The van der Waals surface area contributed by atoms with Gasteiger partial charge in [0, 0.05) is 49.6 Å². The van der Waals surface area contributed by atoms with Gasteiger partial charge in [0.2, 0.25) is 0 Å². The fourth-order valence-corrected chi connectivity index (χ4v) is 6.58. The highest BCUT2D eigenvalue weighted by atomic mass is 32.1. The zero-order valence-corrected chi connectivity index (χ0v) is 20.5. The Balaban J connectivity index is 1.53. The maximum Gasteiger partial charge on any atom is 0.0535 e. The van der Waals surface area contributed by atoms with Crippen molar-refractivity contribution >= 4 is 27.6 Å². The number of benzene rings is 4. The number of hydrogen-bond donors (Lipinski definition) is 0. The van der Waals surface area contributed by atoms with Gasteiger partial charge in [-0.25, -0.2) is 0 Å². The summed E-state index contributed by atoms with van der Waals surface area (Å²) in [5, 5.41) is 2.60. The van der Waals surface area contributed by atoms with Gasteiger partial charge in [-0.05, 0) is 28.8 Å². The van der Waals surface area contributed by atoms with E-state index < -0.39 is 0 Å². The van der Waals surface area contributed by atoms with Gasteiger partial charge < -0.3 is 4.40 Å². The van der Waals surface area contributed by atoms with Crippen LogP contribution in [0, 0.1) is 0 Å². The topological polar surface area (TPSA) is 4.41 Å². The highest BCUT2D eigenvalue weighted by Crippen LogP contribution is 2.49. The second-order valence-corrected chi connectivity index (χ2v) is 10.0. The molecule has 0 aliphatic heterocycles. The lowest BCUT2D eigenvalue weighted by Crippen LogP contribution is -1.82. The van der Waals surface area contributed by atoms with Crippen molar-refractivity contribution in [1.82, 2.24) is 4.40 Å². The van der Waals surface area contributed by atoms with Gasteiger partial charge in [-0.1, -0.05) is 115 Å². The van der Waals surface area contributed by atoms with Gasteiger partial charge in [-0.2, -0.15) is 0 Å². The van der Waals surface area contributed by atoms with Crippen molar-refractivity contribution in [3.63, 3.8) is 0 Å². The molecular formula is C34H23NS. The molecule has 3 aromatic heterocycles. The molecule has 0 radical (unpaired) electrons. The summed E-state index contributed by atoms with van der Waals surface area (Å²) in [5.74, 6) is 0. The molecule has 0 aliphatic carbocycles. The Bertz CT molecular complexity index is 1820. The Kier molecular flexibility index (Phi) is 5.04. The van der Waals surface area contributed by atoms with Crippen LogP contribution in [0.3, 0.4) is 0 Å². The standard InChI is InChI=1S/C34H23NS/c1-3-13-24(14-4-1)26-17-7-8-18-27(26)33-28-19-9-10-20-29(28)34(36-33)30-23-35-22-12-11-21-31(35)32(30)25-15-5-2-6-16-25/h1-23H. The van der Waals surface area contributed by atoms with Crippen molar-refractivity contribution in [3.8, 4) is 43.1 Å². The van der Waals surface area contributed by atoms with Crippen LogP contribution < -0.4 is 0 Å². The normalized spacial score (nSPS) is 11.3. The van der Waals surface area contributed by atoms with E-state index in [-0.39, 0.29) is 0 Å². The first-order valence-corrected chi connectivity index (χ1v) is 13.0. The summed E-state index contributed by atoms with van der Waals surface area (Å²) < 4.78 is 2.25. The molecule has 36 heavy (non-hydrogen) atoms. The molecule has 7 aromatic rings. The van der Waals surface area contributed by atoms with Gasteiger partial charge in [-0.15, -0.1) is 11.3 Å². The molecule has 170 valence electrons. The lowest BCUT2D eigenvalue weighted by Gasteiger charge is -2.09. The second kappa shape index (κ2) is 8.67. The van der Waals surface area contributed by atoms with Crippen molar-refractivity contribution in [2.24, 2.45) is 0 Å². The molecule has 0 unspecified atom stereocenters. The van der Waals surface area contributed by atoms with Crippen LogP contribution in [0.4, 0.5) is 0 Å². The molecule has 0 aliphatic rings. The van der Waals surface area contributed by atoms with E-state index in [0.717, 1.165) is 0 Å². The summed E-state index contributed by atoms with van der Waals surface area (Å²) in [7, 11) is 0. The summed E-state index contributed by atoms with van der Waals surface area (Å²) in [6.45, 7) is 0. The monoisotopic (exact) mass is 477 g/mol. The number of hydrogen-bond acceptors (Lipinski definition) is 1. The Hall–Kier alpha value is -4.40. The van der Waals surface area contributed by atoms with Gasteiger partial charge in [0.25, 0.3) is 0 Å². The van der Waals surface area contributed by atoms with Crippen molar-refractivity contribution in [2.75, 3.05) is 0 Å². The summed E-state index contributed by atoms with van der Waals surface area (Å²) in [6.07, 6.45) is 4.44. The van der Waals surface area contributed by atoms with E-state index in [4.69, 9.17) is 0 Å². The highest BCUT2D eigenvalue weighted by molar-refractivity contribution is 7.21. The van der Waals surface area contributed by atoms with Crippen LogP contribution in [-0.4, -0.2) is 4.40 Å². The predicted molar refractivity (Wildman–Crippen MR) is 155 cm³/mol. The molecule has 0 spiro atoms. The third-order valence-electron chi connectivity index (χ3n) is 6.87. The molecule has 0 saturated carbocycles. The number of pyridine rings is 1. The average molecular weight is 478 g/mol. The molecule has 1 nitrogen and oxygen atoms in total. The maximum atomic E-state index is 2.29. The third kappa shape index (κ3) is 3.38. The van der Waals surface area contributed by atoms with Crippen molar-refractivity contribution in [1.29, 1.82) is 0 Å². The first-order valence-electron chi connectivity index (χ1n) is 12.2. The molecule has 0 N–H and O–H groups in total. The Morgan fingerprint density at radius 3 is 1.72 bits per heavy atom. The summed E-state index contributed by atoms with van der Waals surface area (Å²) >= 11 is 1.90. The first kappa shape index (κ1) is 20.9. The first-order chi connectivity index (χ1) is 17.9. The molecule has 0 atom stereocenters. The molecule has 0 bridgehead atoms. The summed E-state index contributed by atoms with van der Waals surface area (Å²) in [5.41, 5.74) is 8.81. The van der Waals surface area contributed by atoms with Crippen LogP contribution in [0.5, 0.6) is 0 Å². The number of thiophene rings is 1. The fraction of sp³-hybridized carbons (Fsp3) is 0. The SMILES string of the molecule is c1ccc(-c2ccccc2-c2sc(-c3cn4ccccc4c3-c3ccccc3)c3ccccc23)cc1. The van der Waals surface area contributed by atoms with Crippen molar-refractivity contribution in [3.05, 3.63) is 140 Å². The summed E-state index contributed by atoms with van der Waals surface area (Å²) in [4.78, 5) is 2.63. The zero-order chi connectivity index (χ0) is 23.9. The number of aromatic nitrogens is 1. The maximum absolute atomic E-state index is 2.29. The number of fused-ring (bicyclic) bond motifs is 2. The predicted octanol–water partition coefficient (Wildman–Crippen LogP) is 9.82. The largest absolute Gasteiger partial charge is 0.323 e. The van der Waals surface area contributed by atoms with E-state index >= 15 is 0 Å². The molecule has 7 rings (SSSR count). The van der Waals surface area contributed by atoms with Crippen LogP contribution in [-0.2, 0) is 0 Å². The minimum Gasteiger partial charge on any atom is -0.323 e. The van der Waals surface area contributed by atoms with Gasteiger partial charge in [0.05, 0.1) is 5.52 Å². The Morgan fingerprint density at radius 2 is 1.00 bits per heavy atom. The minimum atomic E-state index is 1.22. The van der Waals surface area contributed by atoms with Crippen molar-refractivity contribution < 1.29 is 0 Å². The van der Waals surface area contributed by atoms with Crippen LogP contribution in [0.15, 0.2) is 140 Å². The molecule has 4 aromatic carbocycles. The van der Waals surface area contributed by atoms with Gasteiger partial charge in [-0.3, -0.25) is 0 Å². The summed E-state index contributed by atoms with van der Waals surface area (Å²) in [6, 6.07) is 45.5. The molecule has 0 amide bonds. The van der Waals surface area contributed by atoms with Crippen LogP contribution in [0.25, 0.3) is 59.4 Å². The van der Waals surface area contributed by atoms with Crippen LogP contribution in [0.1, 0.15) is 0 Å². The van der Waals surface area contributed by atoms with Gasteiger partial charge in [0.15, 0.2) is 0 Å². The second-order valence-electron chi connectivity index (χ2n) is 8.99. The van der Waals surface area contributed by atoms with E-state index in [0.29, 0.717) is 0 Å².